The lowest BCUT2D eigenvalue weighted by Gasteiger charge is -2.27. The summed E-state index contributed by atoms with van der Waals surface area (Å²) >= 11 is 0. The summed E-state index contributed by atoms with van der Waals surface area (Å²) in [5.41, 5.74) is 1.38. The number of ether oxygens (including phenoxy) is 1. The number of halogens is 1. The van der Waals surface area contributed by atoms with Gasteiger partial charge in [0.15, 0.2) is 0 Å². The molecule has 3 heterocycles. The molecule has 1 aromatic carbocycles. The molecule has 1 aromatic heterocycles. The fourth-order valence-electron chi connectivity index (χ4n) is 5.55. The number of aromatic nitrogens is 2. The molecule has 1 saturated carbocycles. The van der Waals surface area contributed by atoms with Gasteiger partial charge in [0.1, 0.15) is 11.6 Å². The van der Waals surface area contributed by atoms with Gasteiger partial charge in [-0.1, -0.05) is 0 Å². The van der Waals surface area contributed by atoms with E-state index in [1.54, 1.807) is 6.07 Å². The zero-order chi connectivity index (χ0) is 21.2. The highest BCUT2D eigenvalue weighted by molar-refractivity contribution is 5.67. The van der Waals surface area contributed by atoms with Gasteiger partial charge in [-0.25, -0.2) is 4.39 Å². The summed E-state index contributed by atoms with van der Waals surface area (Å²) in [6.45, 7) is 5.50. The highest BCUT2D eigenvalue weighted by Crippen LogP contribution is 2.39. The Morgan fingerprint density at radius 2 is 1.87 bits per heavy atom. The number of likely N-dealkylation sites (tertiary alicyclic amines) is 1. The molecular weight excluding hydrogens is 393 g/mol. The Labute approximate surface area is 182 Å². The molecule has 162 valence electrons. The monoisotopic (exact) mass is 421 g/mol. The third-order valence-electron chi connectivity index (χ3n) is 7.08. The molecule has 7 heteroatoms. The van der Waals surface area contributed by atoms with E-state index in [-0.39, 0.29) is 5.82 Å². The Hall–Kier alpha value is -2.56. The van der Waals surface area contributed by atoms with Crippen molar-refractivity contribution in [2.75, 3.05) is 38.2 Å². The van der Waals surface area contributed by atoms with Crippen LogP contribution in [0.2, 0.25) is 0 Å². The van der Waals surface area contributed by atoms with Gasteiger partial charge in [-0.05, 0) is 73.8 Å². The number of nitrogens with zero attached hydrogens (tertiary/aromatic N) is 4. The first-order valence-corrected chi connectivity index (χ1v) is 11.3. The molecule has 3 fully saturated rings. The molecular formula is C24H28FN5O. The van der Waals surface area contributed by atoms with Crippen LogP contribution in [0.15, 0.2) is 30.3 Å². The van der Waals surface area contributed by atoms with Gasteiger partial charge >= 0.3 is 0 Å². The number of benzene rings is 1. The zero-order valence-corrected chi connectivity index (χ0v) is 17.6. The maximum Gasteiger partial charge on any atom is 0.148 e. The lowest BCUT2D eigenvalue weighted by molar-refractivity contribution is 0.0545. The van der Waals surface area contributed by atoms with Gasteiger partial charge in [-0.3, -0.25) is 0 Å². The highest BCUT2D eigenvalue weighted by atomic mass is 19.1. The van der Waals surface area contributed by atoms with Crippen LogP contribution in [0, 0.1) is 34.9 Å². The number of hydrogen-bond acceptors (Lipinski definition) is 6. The average molecular weight is 422 g/mol. The minimum Gasteiger partial charge on any atom is -0.381 e. The van der Waals surface area contributed by atoms with Gasteiger partial charge < -0.3 is 15.0 Å². The molecule has 1 aliphatic carbocycles. The first kappa shape index (κ1) is 20.3. The van der Waals surface area contributed by atoms with E-state index in [0.717, 1.165) is 36.8 Å². The molecule has 2 aliphatic heterocycles. The minimum absolute atomic E-state index is 0.388. The molecule has 0 radical (unpaired) electrons. The van der Waals surface area contributed by atoms with Crippen molar-refractivity contribution in [2.45, 2.75) is 31.7 Å². The Kier molecular flexibility index (Phi) is 5.84. The molecule has 2 saturated heterocycles. The number of nitriles is 1. The SMILES string of the molecule is N#Cc1ccc(F)cc1-c1ccc(N[C@H]2C[C@@H]3CN(CC4CCOCC4)C[C@@H]3C2)nn1. The first-order valence-electron chi connectivity index (χ1n) is 11.3. The molecule has 2 aromatic rings. The van der Waals surface area contributed by atoms with Crippen LogP contribution in [0.25, 0.3) is 11.3 Å². The maximum absolute atomic E-state index is 13.6. The van der Waals surface area contributed by atoms with Crippen molar-refractivity contribution >= 4 is 5.82 Å². The van der Waals surface area contributed by atoms with E-state index in [1.165, 1.54) is 63.5 Å². The molecule has 3 aliphatic rings. The van der Waals surface area contributed by atoms with Gasteiger partial charge in [0, 0.05) is 44.5 Å². The van der Waals surface area contributed by atoms with E-state index in [1.807, 2.05) is 6.07 Å². The van der Waals surface area contributed by atoms with Crippen LogP contribution < -0.4 is 5.32 Å². The number of hydrogen-bond donors (Lipinski definition) is 1. The largest absolute Gasteiger partial charge is 0.381 e. The van der Waals surface area contributed by atoms with Crippen LogP contribution >= 0.6 is 0 Å². The summed E-state index contributed by atoms with van der Waals surface area (Å²) in [6.07, 6.45) is 4.74. The van der Waals surface area contributed by atoms with Gasteiger partial charge in [0.2, 0.25) is 0 Å². The second-order valence-electron chi connectivity index (χ2n) is 9.21. The normalized spacial score (nSPS) is 26.5. The van der Waals surface area contributed by atoms with Crippen molar-refractivity contribution in [2.24, 2.45) is 17.8 Å². The van der Waals surface area contributed by atoms with Gasteiger partial charge in [-0.15, -0.1) is 10.2 Å². The molecule has 0 amide bonds. The Balaban J connectivity index is 1.16. The minimum atomic E-state index is -0.388. The molecule has 1 N–H and O–H groups in total. The summed E-state index contributed by atoms with van der Waals surface area (Å²) in [6, 6.07) is 10.3. The third kappa shape index (κ3) is 4.56. The molecule has 6 nitrogen and oxygen atoms in total. The van der Waals surface area contributed by atoms with E-state index in [2.05, 4.69) is 26.5 Å². The summed E-state index contributed by atoms with van der Waals surface area (Å²) in [4.78, 5) is 2.67. The topological polar surface area (TPSA) is 74.1 Å². The highest BCUT2D eigenvalue weighted by Gasteiger charge is 2.41. The Bertz CT molecular complexity index is 939. The molecule has 5 rings (SSSR count). The standard InChI is InChI=1S/C24H28FN5O/c25-20-2-1-17(12-26)22(11-20)23-3-4-24(29-28-23)27-21-9-18-14-30(15-19(18)10-21)13-16-5-7-31-8-6-16/h1-4,11,16,18-19,21H,5-10,13-15H2,(H,27,29)/t18-,19+,21+. The van der Waals surface area contributed by atoms with Crippen molar-refractivity contribution < 1.29 is 9.13 Å². The summed E-state index contributed by atoms with van der Waals surface area (Å²) in [5.74, 6) is 2.67. The smallest absolute Gasteiger partial charge is 0.148 e. The fraction of sp³-hybridized carbons (Fsp3) is 0.542. The number of nitrogens with one attached hydrogen (secondary N) is 1. The number of rotatable bonds is 5. The second kappa shape index (κ2) is 8.89. The quantitative estimate of drug-likeness (QED) is 0.794. The van der Waals surface area contributed by atoms with E-state index in [9.17, 15) is 9.65 Å². The van der Waals surface area contributed by atoms with Crippen LogP contribution in [0.4, 0.5) is 10.2 Å². The lowest BCUT2D eigenvalue weighted by Crippen LogP contribution is -2.32. The van der Waals surface area contributed by atoms with Crippen LogP contribution in [-0.2, 0) is 4.74 Å². The van der Waals surface area contributed by atoms with Crippen molar-refractivity contribution in [3.8, 4) is 17.3 Å². The Morgan fingerprint density at radius 3 is 2.55 bits per heavy atom. The lowest BCUT2D eigenvalue weighted by atomic mass is 10.00. The van der Waals surface area contributed by atoms with E-state index < -0.39 is 0 Å². The fourth-order valence-corrected chi connectivity index (χ4v) is 5.55. The zero-order valence-electron chi connectivity index (χ0n) is 17.6. The number of fused-ring (bicyclic) bond motifs is 1. The summed E-state index contributed by atoms with van der Waals surface area (Å²) in [7, 11) is 0. The molecule has 0 spiro atoms. The average Bonchev–Trinajstić information content (AvgIpc) is 3.33. The van der Waals surface area contributed by atoms with Gasteiger partial charge in [-0.2, -0.15) is 5.26 Å². The van der Waals surface area contributed by atoms with E-state index >= 15 is 0 Å². The molecule has 31 heavy (non-hydrogen) atoms. The predicted octanol–water partition coefficient (Wildman–Crippen LogP) is 3.70. The summed E-state index contributed by atoms with van der Waals surface area (Å²) in [5, 5.41) is 21.3. The van der Waals surface area contributed by atoms with E-state index in [0.29, 0.717) is 22.9 Å². The van der Waals surface area contributed by atoms with Crippen molar-refractivity contribution in [1.82, 2.24) is 15.1 Å². The molecule has 3 atom stereocenters. The van der Waals surface area contributed by atoms with Crippen molar-refractivity contribution in [1.29, 1.82) is 5.26 Å². The number of anilines is 1. The maximum atomic E-state index is 13.6. The van der Waals surface area contributed by atoms with Crippen LogP contribution in [0.5, 0.6) is 0 Å². The van der Waals surface area contributed by atoms with Crippen LogP contribution in [-0.4, -0.2) is 54.0 Å². The van der Waals surface area contributed by atoms with Crippen molar-refractivity contribution in [3.63, 3.8) is 0 Å². The Morgan fingerprint density at radius 1 is 1.10 bits per heavy atom. The molecule has 0 bridgehead atoms. The van der Waals surface area contributed by atoms with Gasteiger partial charge in [0.05, 0.1) is 17.3 Å². The van der Waals surface area contributed by atoms with Crippen LogP contribution in [0.1, 0.15) is 31.2 Å². The van der Waals surface area contributed by atoms with Crippen molar-refractivity contribution in [3.05, 3.63) is 41.7 Å². The second-order valence-corrected chi connectivity index (χ2v) is 9.21. The van der Waals surface area contributed by atoms with E-state index in [4.69, 9.17) is 4.74 Å². The predicted molar refractivity (Wildman–Crippen MR) is 116 cm³/mol. The summed E-state index contributed by atoms with van der Waals surface area (Å²) < 4.78 is 19.1. The van der Waals surface area contributed by atoms with Gasteiger partial charge in [0.25, 0.3) is 0 Å². The molecule has 0 unspecified atom stereocenters. The van der Waals surface area contributed by atoms with Crippen LogP contribution in [0.3, 0.4) is 0 Å². The third-order valence-corrected chi connectivity index (χ3v) is 7.08. The first-order chi connectivity index (χ1) is 15.2.